The Bertz CT molecular complexity index is 181. The highest BCUT2D eigenvalue weighted by molar-refractivity contribution is 9.10. The van der Waals surface area contributed by atoms with Crippen LogP contribution in [0.15, 0.2) is 28.7 Å². The quantitative estimate of drug-likeness (QED) is 0.681. The maximum absolute atomic E-state index is 4.95. The van der Waals surface area contributed by atoms with Crippen LogP contribution in [0, 0.1) is 0 Å². The number of benzene rings is 1. The van der Waals surface area contributed by atoms with Gasteiger partial charge >= 0.3 is 0 Å². The molecule has 0 heterocycles. The van der Waals surface area contributed by atoms with Crippen LogP contribution >= 0.6 is 15.9 Å². The zero-order chi connectivity index (χ0) is 6.69. The fraction of sp³-hybridized carbons (Fsp3) is 0.250. The molecule has 56 valence electrons. The van der Waals surface area contributed by atoms with Gasteiger partial charge in [0.25, 0.3) is 0 Å². The Labute approximate surface area is 70.1 Å². The van der Waals surface area contributed by atoms with Crippen molar-refractivity contribution in [1.29, 1.82) is 0 Å². The summed E-state index contributed by atoms with van der Waals surface area (Å²) in [5.74, 6) is 0.887. The third kappa shape index (κ3) is 2.40. The summed E-state index contributed by atoms with van der Waals surface area (Å²) in [6.45, 7) is 0. The molecule has 1 aromatic carbocycles. The Morgan fingerprint density at radius 2 is 1.70 bits per heavy atom. The molecule has 0 saturated heterocycles. The molecule has 1 aromatic rings. The van der Waals surface area contributed by atoms with Gasteiger partial charge in [0.15, 0.2) is 0 Å². The Morgan fingerprint density at radius 1 is 1.20 bits per heavy atom. The fourth-order valence-electron chi connectivity index (χ4n) is 0.571. The van der Waals surface area contributed by atoms with Crippen LogP contribution in [0.1, 0.15) is 7.43 Å². The summed E-state index contributed by atoms with van der Waals surface area (Å²) in [7, 11) is 1.66. The molecule has 0 N–H and O–H groups in total. The Morgan fingerprint density at radius 3 is 2.10 bits per heavy atom. The third-order valence-electron chi connectivity index (χ3n) is 1.05. The van der Waals surface area contributed by atoms with Crippen LogP contribution in [0.25, 0.3) is 0 Å². The second-order valence-corrected chi connectivity index (χ2v) is 2.57. The first kappa shape index (κ1) is 9.50. The summed E-state index contributed by atoms with van der Waals surface area (Å²) in [6, 6.07) is 7.70. The smallest absolute Gasteiger partial charge is 0.118 e. The van der Waals surface area contributed by atoms with Gasteiger partial charge in [-0.2, -0.15) is 0 Å². The third-order valence-corrected chi connectivity index (χ3v) is 1.58. The van der Waals surface area contributed by atoms with Gasteiger partial charge in [0, 0.05) is 4.47 Å². The Balaban J connectivity index is 0.000000810. The fourth-order valence-corrected chi connectivity index (χ4v) is 0.835. The topological polar surface area (TPSA) is 9.23 Å². The number of methoxy groups -OCH3 is 1. The first-order chi connectivity index (χ1) is 4.33. The second kappa shape index (κ2) is 4.34. The molecule has 0 saturated carbocycles. The molecule has 2 heteroatoms. The summed E-state index contributed by atoms with van der Waals surface area (Å²) in [6.07, 6.45) is 0. The number of hydrogen-bond acceptors (Lipinski definition) is 1. The number of hydrogen-bond donors (Lipinski definition) is 0. The van der Waals surface area contributed by atoms with Crippen molar-refractivity contribution in [2.45, 2.75) is 7.43 Å². The minimum atomic E-state index is 0. The molecule has 10 heavy (non-hydrogen) atoms. The van der Waals surface area contributed by atoms with Gasteiger partial charge in [-0.15, -0.1) is 0 Å². The van der Waals surface area contributed by atoms with Crippen LogP contribution in [-0.2, 0) is 0 Å². The first-order valence-electron chi connectivity index (χ1n) is 2.62. The second-order valence-electron chi connectivity index (χ2n) is 1.66. The average molecular weight is 203 g/mol. The minimum absolute atomic E-state index is 0. The first-order valence-corrected chi connectivity index (χ1v) is 3.42. The van der Waals surface area contributed by atoms with E-state index < -0.39 is 0 Å². The monoisotopic (exact) mass is 202 g/mol. The van der Waals surface area contributed by atoms with Crippen LogP contribution in [0.5, 0.6) is 5.75 Å². The van der Waals surface area contributed by atoms with Crippen molar-refractivity contribution in [2.75, 3.05) is 7.11 Å². The number of halogens is 1. The molecule has 0 amide bonds. The molecule has 0 unspecified atom stereocenters. The molecule has 0 spiro atoms. The van der Waals surface area contributed by atoms with E-state index >= 15 is 0 Å². The van der Waals surface area contributed by atoms with Crippen LogP contribution in [0.3, 0.4) is 0 Å². The summed E-state index contributed by atoms with van der Waals surface area (Å²) in [4.78, 5) is 0. The maximum Gasteiger partial charge on any atom is 0.118 e. The average Bonchev–Trinajstić information content (AvgIpc) is 1.90. The van der Waals surface area contributed by atoms with E-state index in [4.69, 9.17) is 4.74 Å². The zero-order valence-electron chi connectivity index (χ0n) is 5.10. The molecule has 1 nitrogen and oxygen atoms in total. The molecule has 0 aliphatic carbocycles. The molecule has 0 aliphatic heterocycles. The van der Waals surface area contributed by atoms with Crippen molar-refractivity contribution in [3.8, 4) is 5.75 Å². The molecular formula is C8H11BrO. The number of rotatable bonds is 1. The maximum atomic E-state index is 4.95. The van der Waals surface area contributed by atoms with Gasteiger partial charge in [0.2, 0.25) is 0 Å². The molecular weight excluding hydrogens is 192 g/mol. The molecule has 0 aliphatic rings. The van der Waals surface area contributed by atoms with Gasteiger partial charge in [-0.3, -0.25) is 0 Å². The highest BCUT2D eigenvalue weighted by Gasteiger charge is 1.86. The normalized spacial score (nSPS) is 8.20. The molecule has 0 radical (unpaired) electrons. The lowest BCUT2D eigenvalue weighted by molar-refractivity contribution is 0.414. The van der Waals surface area contributed by atoms with Gasteiger partial charge < -0.3 is 4.74 Å². The molecule has 1 rings (SSSR count). The predicted molar refractivity (Wildman–Crippen MR) is 47.4 cm³/mol. The van der Waals surface area contributed by atoms with Gasteiger partial charge in [-0.25, -0.2) is 0 Å². The van der Waals surface area contributed by atoms with Crippen molar-refractivity contribution in [1.82, 2.24) is 0 Å². The molecule has 0 bridgehead atoms. The van der Waals surface area contributed by atoms with E-state index in [2.05, 4.69) is 15.9 Å². The Hall–Kier alpha value is -0.500. The predicted octanol–water partition coefficient (Wildman–Crippen LogP) is 3.09. The van der Waals surface area contributed by atoms with Crippen molar-refractivity contribution in [3.05, 3.63) is 28.7 Å². The molecule has 0 aromatic heterocycles. The van der Waals surface area contributed by atoms with E-state index in [1.165, 1.54) is 0 Å². The van der Waals surface area contributed by atoms with E-state index in [1.807, 2.05) is 24.3 Å². The van der Waals surface area contributed by atoms with Gasteiger partial charge in [-0.05, 0) is 24.3 Å². The lowest BCUT2D eigenvalue weighted by Gasteiger charge is -1.96. The van der Waals surface area contributed by atoms with E-state index in [-0.39, 0.29) is 7.43 Å². The van der Waals surface area contributed by atoms with E-state index in [1.54, 1.807) is 7.11 Å². The van der Waals surface area contributed by atoms with Crippen LogP contribution in [-0.4, -0.2) is 7.11 Å². The van der Waals surface area contributed by atoms with Crippen LogP contribution in [0.4, 0.5) is 0 Å². The Kier molecular flexibility index (Phi) is 4.12. The largest absolute Gasteiger partial charge is 0.497 e. The lowest BCUT2D eigenvalue weighted by Crippen LogP contribution is -1.79. The van der Waals surface area contributed by atoms with Crippen molar-refractivity contribution < 1.29 is 4.74 Å². The molecule has 0 fully saturated rings. The highest BCUT2D eigenvalue weighted by atomic mass is 79.9. The van der Waals surface area contributed by atoms with Gasteiger partial charge in [0.1, 0.15) is 5.75 Å². The summed E-state index contributed by atoms with van der Waals surface area (Å²) < 4.78 is 6.02. The van der Waals surface area contributed by atoms with Crippen LogP contribution < -0.4 is 4.74 Å². The van der Waals surface area contributed by atoms with E-state index in [0.717, 1.165) is 10.2 Å². The summed E-state index contributed by atoms with van der Waals surface area (Å²) in [5.41, 5.74) is 0. The van der Waals surface area contributed by atoms with Crippen molar-refractivity contribution in [2.24, 2.45) is 0 Å². The molecule has 0 atom stereocenters. The number of ether oxygens (including phenoxy) is 1. The van der Waals surface area contributed by atoms with E-state index in [9.17, 15) is 0 Å². The van der Waals surface area contributed by atoms with Crippen LogP contribution in [0.2, 0.25) is 0 Å². The van der Waals surface area contributed by atoms with Gasteiger partial charge in [0.05, 0.1) is 7.11 Å². The zero-order valence-corrected chi connectivity index (χ0v) is 6.68. The standard InChI is InChI=1S/C7H7BrO.CH4/c1-9-7-4-2-6(8)3-5-7;/h2-5H,1H3;1H4. The minimum Gasteiger partial charge on any atom is -0.497 e. The SMILES string of the molecule is C.COc1ccc(Br)cc1. The van der Waals surface area contributed by atoms with Gasteiger partial charge in [-0.1, -0.05) is 23.4 Å². The van der Waals surface area contributed by atoms with E-state index in [0.29, 0.717) is 0 Å². The summed E-state index contributed by atoms with van der Waals surface area (Å²) >= 11 is 3.32. The lowest BCUT2D eigenvalue weighted by atomic mass is 10.3. The summed E-state index contributed by atoms with van der Waals surface area (Å²) in [5, 5.41) is 0. The van der Waals surface area contributed by atoms with Crippen molar-refractivity contribution in [3.63, 3.8) is 0 Å². The van der Waals surface area contributed by atoms with Crippen molar-refractivity contribution >= 4 is 15.9 Å². The highest BCUT2D eigenvalue weighted by Crippen LogP contribution is 2.14.